The second-order valence-electron chi connectivity index (χ2n) is 3.52. The molecule has 0 heterocycles. The number of hydrogen-bond acceptors (Lipinski definition) is 2. The number of aryl methyl sites for hydroxylation is 1. The van der Waals surface area contributed by atoms with E-state index in [1.54, 1.807) is 13.1 Å². The first-order chi connectivity index (χ1) is 7.02. The number of nitrogens with one attached hydrogen (secondary N) is 1. The highest BCUT2D eigenvalue weighted by Crippen LogP contribution is 2.15. The van der Waals surface area contributed by atoms with Crippen LogP contribution in [0.3, 0.4) is 0 Å². The fourth-order valence-electron chi connectivity index (χ4n) is 1.48. The first-order valence-electron chi connectivity index (χ1n) is 4.69. The van der Waals surface area contributed by atoms with Crippen LogP contribution in [0, 0.1) is 6.92 Å². The maximum absolute atomic E-state index is 10.8. The molecule has 0 radical (unpaired) electrons. The molecule has 1 aromatic rings. The minimum atomic E-state index is -0.852. The Hall–Kier alpha value is -1.06. The highest BCUT2D eigenvalue weighted by molar-refractivity contribution is 6.30. The van der Waals surface area contributed by atoms with E-state index in [1.165, 1.54) is 0 Å². The highest BCUT2D eigenvalue weighted by atomic mass is 35.5. The Balaban J connectivity index is 2.83. The molecule has 1 atom stereocenters. The lowest BCUT2D eigenvalue weighted by Gasteiger charge is -2.11. The minimum Gasteiger partial charge on any atom is -0.480 e. The number of aliphatic carboxylic acids is 1. The summed E-state index contributed by atoms with van der Waals surface area (Å²) in [5.74, 6) is -0.852. The van der Waals surface area contributed by atoms with Gasteiger partial charge in [-0.05, 0) is 43.7 Å². The second-order valence-corrected chi connectivity index (χ2v) is 3.96. The van der Waals surface area contributed by atoms with Gasteiger partial charge in [0.1, 0.15) is 6.04 Å². The highest BCUT2D eigenvalue weighted by Gasteiger charge is 2.15. The first-order valence-corrected chi connectivity index (χ1v) is 5.07. The van der Waals surface area contributed by atoms with Crippen LogP contribution >= 0.6 is 11.6 Å². The summed E-state index contributed by atoms with van der Waals surface area (Å²) in [7, 11) is 1.64. The van der Waals surface area contributed by atoms with Gasteiger partial charge in [-0.15, -0.1) is 0 Å². The summed E-state index contributed by atoms with van der Waals surface area (Å²) in [6, 6.07) is 5.02. The van der Waals surface area contributed by atoms with Gasteiger partial charge in [0.05, 0.1) is 0 Å². The van der Waals surface area contributed by atoms with E-state index in [2.05, 4.69) is 5.32 Å². The van der Waals surface area contributed by atoms with Crippen molar-refractivity contribution in [2.45, 2.75) is 19.4 Å². The SMILES string of the molecule is CN[C@@H](Cc1cc(C)cc(Cl)c1)C(=O)O. The predicted octanol–water partition coefficient (Wildman–Crippen LogP) is 1.86. The Labute approximate surface area is 94.1 Å². The van der Waals surface area contributed by atoms with Gasteiger partial charge in [0.2, 0.25) is 0 Å². The van der Waals surface area contributed by atoms with Gasteiger partial charge in [0.25, 0.3) is 0 Å². The van der Waals surface area contributed by atoms with Gasteiger partial charge >= 0.3 is 5.97 Å². The molecule has 0 unspecified atom stereocenters. The molecule has 0 aliphatic heterocycles. The molecule has 1 aromatic carbocycles. The zero-order chi connectivity index (χ0) is 11.4. The quantitative estimate of drug-likeness (QED) is 0.826. The maximum atomic E-state index is 10.8. The van der Waals surface area contributed by atoms with Crippen LogP contribution in [0.4, 0.5) is 0 Å². The number of carbonyl (C=O) groups is 1. The molecule has 0 spiro atoms. The molecular formula is C11H14ClNO2. The number of likely N-dealkylation sites (N-methyl/N-ethyl adjacent to an activating group) is 1. The van der Waals surface area contributed by atoms with Gasteiger partial charge in [-0.2, -0.15) is 0 Å². The van der Waals surface area contributed by atoms with Crippen molar-refractivity contribution in [3.05, 3.63) is 34.3 Å². The van der Waals surface area contributed by atoms with Crippen LogP contribution in [-0.2, 0) is 11.2 Å². The summed E-state index contributed by atoms with van der Waals surface area (Å²) in [6.07, 6.45) is 0.438. The summed E-state index contributed by atoms with van der Waals surface area (Å²) >= 11 is 5.89. The van der Waals surface area contributed by atoms with Gasteiger partial charge < -0.3 is 10.4 Å². The molecule has 0 aliphatic carbocycles. The molecule has 2 N–H and O–H groups in total. The molecule has 0 saturated carbocycles. The average molecular weight is 228 g/mol. The lowest BCUT2D eigenvalue weighted by atomic mass is 10.0. The van der Waals surface area contributed by atoms with E-state index < -0.39 is 12.0 Å². The zero-order valence-corrected chi connectivity index (χ0v) is 9.51. The number of carboxylic acid groups (broad SMARTS) is 1. The number of rotatable bonds is 4. The molecule has 1 rings (SSSR count). The first kappa shape index (κ1) is 12.0. The Morgan fingerprint density at radius 3 is 2.67 bits per heavy atom. The van der Waals surface area contributed by atoms with Gasteiger partial charge in [-0.3, -0.25) is 4.79 Å². The van der Waals surface area contributed by atoms with Crippen molar-refractivity contribution < 1.29 is 9.90 Å². The van der Waals surface area contributed by atoms with E-state index in [-0.39, 0.29) is 0 Å². The molecule has 0 fully saturated rings. The van der Waals surface area contributed by atoms with Crippen molar-refractivity contribution in [2.75, 3.05) is 7.05 Å². The predicted molar refractivity (Wildman–Crippen MR) is 60.4 cm³/mol. The molecule has 0 aliphatic rings. The van der Waals surface area contributed by atoms with E-state index in [4.69, 9.17) is 16.7 Å². The van der Waals surface area contributed by atoms with E-state index in [0.717, 1.165) is 11.1 Å². The van der Waals surface area contributed by atoms with Crippen molar-refractivity contribution in [2.24, 2.45) is 0 Å². The molecule has 0 saturated heterocycles. The van der Waals surface area contributed by atoms with Gasteiger partial charge in [-0.1, -0.05) is 17.7 Å². The standard InChI is InChI=1S/C11H14ClNO2/c1-7-3-8(5-9(12)4-7)6-10(13-2)11(14)15/h3-5,10,13H,6H2,1-2H3,(H,14,15)/t10-/m0/s1. The van der Waals surface area contributed by atoms with E-state index in [0.29, 0.717) is 11.4 Å². The molecule has 82 valence electrons. The smallest absolute Gasteiger partial charge is 0.321 e. The number of halogens is 1. The van der Waals surface area contributed by atoms with Crippen LogP contribution in [-0.4, -0.2) is 24.2 Å². The van der Waals surface area contributed by atoms with Crippen molar-refractivity contribution in [1.82, 2.24) is 5.32 Å². The number of carboxylic acids is 1. The van der Waals surface area contributed by atoms with Crippen molar-refractivity contribution in [1.29, 1.82) is 0 Å². The van der Waals surface area contributed by atoms with Crippen LogP contribution in [0.2, 0.25) is 5.02 Å². The summed E-state index contributed by atoms with van der Waals surface area (Å²) in [6.45, 7) is 1.94. The number of hydrogen-bond donors (Lipinski definition) is 2. The van der Waals surface area contributed by atoms with Crippen LogP contribution in [0.1, 0.15) is 11.1 Å². The van der Waals surface area contributed by atoms with Crippen LogP contribution in [0.5, 0.6) is 0 Å². The second kappa shape index (κ2) is 5.14. The lowest BCUT2D eigenvalue weighted by Crippen LogP contribution is -2.35. The van der Waals surface area contributed by atoms with Crippen molar-refractivity contribution >= 4 is 17.6 Å². The lowest BCUT2D eigenvalue weighted by molar-refractivity contribution is -0.139. The summed E-state index contributed by atoms with van der Waals surface area (Å²) < 4.78 is 0. The Morgan fingerprint density at radius 1 is 1.53 bits per heavy atom. The third-order valence-electron chi connectivity index (χ3n) is 2.19. The van der Waals surface area contributed by atoms with Gasteiger partial charge in [0.15, 0.2) is 0 Å². The fraction of sp³-hybridized carbons (Fsp3) is 0.364. The van der Waals surface area contributed by atoms with Crippen LogP contribution in [0.15, 0.2) is 18.2 Å². The number of benzene rings is 1. The Morgan fingerprint density at radius 2 is 2.20 bits per heavy atom. The molecule has 3 nitrogen and oxygen atoms in total. The van der Waals surface area contributed by atoms with Crippen LogP contribution < -0.4 is 5.32 Å². The molecule has 15 heavy (non-hydrogen) atoms. The summed E-state index contributed by atoms with van der Waals surface area (Å²) in [4.78, 5) is 10.8. The van der Waals surface area contributed by atoms with E-state index in [1.807, 2.05) is 19.1 Å². The third kappa shape index (κ3) is 3.53. The molecule has 0 bridgehead atoms. The van der Waals surface area contributed by atoms with E-state index >= 15 is 0 Å². The molecule has 4 heteroatoms. The monoisotopic (exact) mass is 227 g/mol. The Kier molecular flexibility index (Phi) is 4.12. The summed E-state index contributed by atoms with van der Waals surface area (Å²) in [5, 5.41) is 12.3. The fourth-order valence-corrected chi connectivity index (χ4v) is 1.79. The largest absolute Gasteiger partial charge is 0.480 e. The topological polar surface area (TPSA) is 49.3 Å². The summed E-state index contributed by atoms with van der Waals surface area (Å²) in [5.41, 5.74) is 1.97. The average Bonchev–Trinajstić information content (AvgIpc) is 2.12. The molecule has 0 amide bonds. The van der Waals surface area contributed by atoms with E-state index in [9.17, 15) is 4.79 Å². The normalized spacial score (nSPS) is 12.5. The van der Waals surface area contributed by atoms with Crippen molar-refractivity contribution in [3.63, 3.8) is 0 Å². The van der Waals surface area contributed by atoms with Crippen molar-refractivity contribution in [3.8, 4) is 0 Å². The molecular weight excluding hydrogens is 214 g/mol. The minimum absolute atomic E-state index is 0.438. The molecule has 0 aromatic heterocycles. The van der Waals surface area contributed by atoms with Gasteiger partial charge in [-0.25, -0.2) is 0 Å². The third-order valence-corrected chi connectivity index (χ3v) is 2.41. The van der Waals surface area contributed by atoms with Crippen LogP contribution in [0.25, 0.3) is 0 Å². The maximum Gasteiger partial charge on any atom is 0.321 e. The zero-order valence-electron chi connectivity index (χ0n) is 8.75. The van der Waals surface area contributed by atoms with Gasteiger partial charge in [0, 0.05) is 5.02 Å². The Bertz CT molecular complexity index is 345.